The van der Waals surface area contributed by atoms with Crippen molar-refractivity contribution in [2.45, 2.75) is 0 Å². The van der Waals surface area contributed by atoms with Gasteiger partial charge in [0, 0.05) is 28.3 Å². The second kappa shape index (κ2) is 6.35. The van der Waals surface area contributed by atoms with Crippen LogP contribution >= 0.6 is 11.3 Å². The second-order valence-electron chi connectivity index (χ2n) is 5.62. The van der Waals surface area contributed by atoms with Crippen molar-refractivity contribution in [3.63, 3.8) is 0 Å². The van der Waals surface area contributed by atoms with E-state index in [1.165, 1.54) is 5.38 Å². The second-order valence-corrected chi connectivity index (χ2v) is 6.48. The number of nitrogens with zero attached hydrogens (tertiary/aromatic N) is 3. The zero-order valence-corrected chi connectivity index (χ0v) is 14.2. The van der Waals surface area contributed by atoms with Crippen molar-refractivity contribution in [1.29, 1.82) is 5.26 Å². The first-order valence-electron chi connectivity index (χ1n) is 7.77. The first-order valence-corrected chi connectivity index (χ1v) is 8.65. The highest BCUT2D eigenvalue weighted by molar-refractivity contribution is 7.14. The van der Waals surface area contributed by atoms with Gasteiger partial charge in [0.2, 0.25) is 0 Å². The lowest BCUT2D eigenvalue weighted by Gasteiger charge is -2.08. The molecule has 4 rings (SSSR count). The minimum absolute atomic E-state index is 0.0694. The van der Waals surface area contributed by atoms with Crippen molar-refractivity contribution in [3.05, 3.63) is 81.9 Å². The van der Waals surface area contributed by atoms with Gasteiger partial charge in [-0.15, -0.1) is 0 Å². The van der Waals surface area contributed by atoms with Crippen molar-refractivity contribution in [2.75, 3.05) is 5.32 Å². The maximum Gasteiger partial charge on any atom is 0.348 e. The number of nitriles is 1. The topological polar surface area (TPSA) is 83.9 Å². The number of benzene rings is 2. The van der Waals surface area contributed by atoms with Gasteiger partial charge in [0.25, 0.3) is 0 Å². The Kier molecular flexibility index (Phi) is 3.88. The third-order valence-electron chi connectivity index (χ3n) is 4.05. The van der Waals surface area contributed by atoms with Crippen molar-refractivity contribution in [3.8, 4) is 11.8 Å². The Morgan fingerprint density at radius 3 is 2.69 bits per heavy atom. The van der Waals surface area contributed by atoms with E-state index >= 15 is 0 Å². The summed E-state index contributed by atoms with van der Waals surface area (Å²) in [5.74, 6) is 0. The van der Waals surface area contributed by atoms with Gasteiger partial charge in [0.1, 0.15) is 11.8 Å². The third-order valence-corrected chi connectivity index (χ3v) is 4.98. The van der Waals surface area contributed by atoms with Crippen LogP contribution in [0.3, 0.4) is 0 Å². The van der Waals surface area contributed by atoms with Crippen LogP contribution in [0.4, 0.5) is 16.4 Å². The largest absolute Gasteiger partial charge is 0.348 e. The number of rotatable bonds is 4. The summed E-state index contributed by atoms with van der Waals surface area (Å²) >= 11 is 0.944. The highest BCUT2D eigenvalue weighted by Gasteiger charge is 2.21. The van der Waals surface area contributed by atoms with Gasteiger partial charge in [-0.3, -0.25) is 10.1 Å². The monoisotopic (exact) mass is 360 g/mol. The number of anilines is 2. The number of para-hydroxylation sites is 1. The zero-order valence-electron chi connectivity index (χ0n) is 13.4. The zero-order chi connectivity index (χ0) is 18.1. The van der Waals surface area contributed by atoms with E-state index in [1.807, 2.05) is 71.4 Å². The van der Waals surface area contributed by atoms with E-state index in [9.17, 15) is 15.4 Å². The Bertz CT molecular complexity index is 1160. The fourth-order valence-electron chi connectivity index (χ4n) is 2.85. The predicted octanol–water partition coefficient (Wildman–Crippen LogP) is 5.22. The van der Waals surface area contributed by atoms with Crippen molar-refractivity contribution in [1.82, 2.24) is 4.57 Å². The molecule has 0 spiro atoms. The van der Waals surface area contributed by atoms with Gasteiger partial charge >= 0.3 is 5.00 Å². The highest BCUT2D eigenvalue weighted by Crippen LogP contribution is 2.37. The molecule has 4 aromatic rings. The number of hydrogen-bond donors (Lipinski definition) is 1. The van der Waals surface area contributed by atoms with Gasteiger partial charge in [-0.25, -0.2) is 0 Å². The van der Waals surface area contributed by atoms with E-state index in [-0.39, 0.29) is 16.3 Å². The molecular weight excluding hydrogens is 348 g/mol. The van der Waals surface area contributed by atoms with Gasteiger partial charge in [-0.05, 0) is 30.3 Å². The molecule has 2 aromatic heterocycles. The Morgan fingerprint density at radius 2 is 1.96 bits per heavy atom. The SMILES string of the molecule is N#Cc1csc([N+](=O)[O-])c1Nc1ccc2ccn(-c3ccccc3)c2c1. The van der Waals surface area contributed by atoms with Gasteiger partial charge in [0.05, 0.1) is 16.0 Å². The predicted molar refractivity (Wildman–Crippen MR) is 102 cm³/mol. The molecule has 2 aromatic carbocycles. The minimum atomic E-state index is -0.473. The molecule has 0 bridgehead atoms. The normalized spacial score (nSPS) is 10.6. The lowest BCUT2D eigenvalue weighted by molar-refractivity contribution is -0.379. The summed E-state index contributed by atoms with van der Waals surface area (Å²) in [5, 5.41) is 26.0. The van der Waals surface area contributed by atoms with Gasteiger partial charge in [0.15, 0.2) is 0 Å². The summed E-state index contributed by atoms with van der Waals surface area (Å²) in [5.41, 5.74) is 3.18. The Labute approximate surface area is 152 Å². The quantitative estimate of drug-likeness (QED) is 0.400. The van der Waals surface area contributed by atoms with E-state index in [0.717, 1.165) is 27.9 Å². The van der Waals surface area contributed by atoms with E-state index in [0.29, 0.717) is 5.69 Å². The van der Waals surface area contributed by atoms with Crippen LogP contribution in [0.5, 0.6) is 0 Å². The third kappa shape index (κ3) is 2.68. The molecule has 7 heteroatoms. The van der Waals surface area contributed by atoms with Crippen LogP contribution < -0.4 is 5.32 Å². The molecule has 0 atom stereocenters. The molecule has 26 heavy (non-hydrogen) atoms. The smallest absolute Gasteiger partial charge is 0.348 e. The van der Waals surface area contributed by atoms with E-state index in [1.54, 1.807) is 0 Å². The molecule has 0 saturated heterocycles. The molecule has 0 amide bonds. The van der Waals surface area contributed by atoms with Crippen LogP contribution in [-0.2, 0) is 0 Å². The summed E-state index contributed by atoms with van der Waals surface area (Å²) in [6.45, 7) is 0. The number of hydrogen-bond acceptors (Lipinski definition) is 5. The highest BCUT2D eigenvalue weighted by atomic mass is 32.1. The van der Waals surface area contributed by atoms with E-state index in [4.69, 9.17) is 0 Å². The average Bonchev–Trinajstić information content (AvgIpc) is 3.26. The van der Waals surface area contributed by atoms with Crippen LogP contribution in [0.1, 0.15) is 5.56 Å². The van der Waals surface area contributed by atoms with Crippen LogP contribution in [0.25, 0.3) is 16.6 Å². The summed E-state index contributed by atoms with van der Waals surface area (Å²) < 4.78 is 2.05. The van der Waals surface area contributed by atoms with Crippen molar-refractivity contribution >= 4 is 38.6 Å². The molecule has 126 valence electrons. The molecule has 0 fully saturated rings. The summed E-state index contributed by atoms with van der Waals surface area (Å²) in [6.07, 6.45) is 1.98. The Morgan fingerprint density at radius 1 is 1.15 bits per heavy atom. The number of thiophene rings is 1. The van der Waals surface area contributed by atoms with Crippen LogP contribution in [0.2, 0.25) is 0 Å². The molecule has 0 aliphatic heterocycles. The molecule has 2 heterocycles. The molecule has 0 radical (unpaired) electrons. The lowest BCUT2D eigenvalue weighted by atomic mass is 10.2. The standard InChI is InChI=1S/C19H12N4O2S/c20-11-14-12-26-19(23(24)25)18(14)21-15-7-6-13-8-9-22(17(13)10-15)16-4-2-1-3-5-16/h1-10,12,21H. The van der Waals surface area contributed by atoms with Crippen LogP contribution in [-0.4, -0.2) is 9.49 Å². The summed E-state index contributed by atoms with van der Waals surface area (Å²) in [4.78, 5) is 10.7. The summed E-state index contributed by atoms with van der Waals surface area (Å²) in [7, 11) is 0. The molecule has 0 saturated carbocycles. The fourth-order valence-corrected chi connectivity index (χ4v) is 3.61. The van der Waals surface area contributed by atoms with Crippen LogP contribution in [0.15, 0.2) is 66.2 Å². The van der Waals surface area contributed by atoms with E-state index < -0.39 is 4.92 Å². The number of nitro groups is 1. The molecule has 0 unspecified atom stereocenters. The number of fused-ring (bicyclic) bond motifs is 1. The Hall–Kier alpha value is -3.63. The molecular formula is C19H12N4O2S. The van der Waals surface area contributed by atoms with Gasteiger partial charge in [-0.1, -0.05) is 35.6 Å². The van der Waals surface area contributed by atoms with E-state index in [2.05, 4.69) is 5.32 Å². The van der Waals surface area contributed by atoms with Crippen molar-refractivity contribution in [2.24, 2.45) is 0 Å². The first kappa shape index (κ1) is 15.9. The average molecular weight is 360 g/mol. The maximum atomic E-state index is 11.2. The molecule has 0 aliphatic rings. The number of nitrogens with one attached hydrogen (secondary N) is 1. The molecule has 0 aliphatic carbocycles. The fraction of sp³-hybridized carbons (Fsp3) is 0. The maximum absolute atomic E-state index is 11.2. The van der Waals surface area contributed by atoms with Crippen molar-refractivity contribution < 1.29 is 4.92 Å². The Balaban J connectivity index is 1.79. The molecule has 6 nitrogen and oxygen atoms in total. The van der Waals surface area contributed by atoms with Crippen LogP contribution in [0, 0.1) is 21.4 Å². The number of aromatic nitrogens is 1. The minimum Gasteiger partial charge on any atom is -0.348 e. The lowest BCUT2D eigenvalue weighted by Crippen LogP contribution is -1.96. The van der Waals surface area contributed by atoms with Gasteiger partial charge < -0.3 is 9.88 Å². The summed E-state index contributed by atoms with van der Waals surface area (Å²) in [6, 6.07) is 19.6. The molecule has 1 N–H and O–H groups in total. The first-order chi connectivity index (χ1) is 12.7. The van der Waals surface area contributed by atoms with Gasteiger partial charge in [-0.2, -0.15) is 5.26 Å².